The van der Waals surface area contributed by atoms with Gasteiger partial charge in [0.25, 0.3) is 5.91 Å². The van der Waals surface area contributed by atoms with Crippen LogP contribution < -0.4 is 10.6 Å². The van der Waals surface area contributed by atoms with E-state index in [-0.39, 0.29) is 5.91 Å². The molecule has 0 atom stereocenters. The molecule has 0 radical (unpaired) electrons. The maximum atomic E-state index is 11.4. The maximum absolute atomic E-state index is 11.4. The Morgan fingerprint density at radius 1 is 1.28 bits per heavy atom. The number of rotatable bonds is 6. The molecule has 1 fully saturated rings. The van der Waals surface area contributed by atoms with Crippen LogP contribution in [0.4, 0.5) is 0 Å². The number of amides is 1. The smallest absolute Gasteiger partial charge is 0.251 e. The lowest BCUT2D eigenvalue weighted by molar-refractivity contribution is 0.0963. The lowest BCUT2D eigenvalue weighted by atomic mass is 10.0. The Labute approximate surface area is 109 Å². The molecule has 0 saturated heterocycles. The molecule has 2 rings (SSSR count). The fourth-order valence-electron chi connectivity index (χ4n) is 2.22. The topological polar surface area (TPSA) is 41.1 Å². The molecule has 1 saturated carbocycles. The lowest BCUT2D eigenvalue weighted by Gasteiger charge is -2.13. The molecule has 1 amide bonds. The summed E-state index contributed by atoms with van der Waals surface area (Å²) in [5.74, 6) is -0.0302. The molecule has 0 bridgehead atoms. The van der Waals surface area contributed by atoms with Gasteiger partial charge in [0.1, 0.15) is 0 Å². The molecule has 3 heteroatoms. The molecule has 0 unspecified atom stereocenters. The standard InChI is InChI=1S/C15H22N2O/c1-3-15(8-9-15)11-17-10-12-4-6-13(7-5-12)14(18)16-2/h4-7,17H,3,8-11H2,1-2H3,(H,16,18). The van der Waals surface area contributed by atoms with Gasteiger partial charge in [0, 0.05) is 25.7 Å². The second-order valence-electron chi connectivity index (χ2n) is 5.23. The van der Waals surface area contributed by atoms with Crippen molar-refractivity contribution in [2.24, 2.45) is 5.41 Å². The highest BCUT2D eigenvalue weighted by atomic mass is 16.1. The summed E-state index contributed by atoms with van der Waals surface area (Å²) >= 11 is 0. The van der Waals surface area contributed by atoms with Crippen LogP contribution in [0.2, 0.25) is 0 Å². The first-order chi connectivity index (χ1) is 8.69. The molecule has 18 heavy (non-hydrogen) atoms. The van der Waals surface area contributed by atoms with Crippen LogP contribution in [-0.2, 0) is 6.54 Å². The summed E-state index contributed by atoms with van der Waals surface area (Å²) in [6.07, 6.45) is 4.01. The number of carbonyl (C=O) groups excluding carboxylic acids is 1. The molecule has 1 aliphatic carbocycles. The van der Waals surface area contributed by atoms with Crippen molar-refractivity contribution in [1.82, 2.24) is 10.6 Å². The van der Waals surface area contributed by atoms with Gasteiger partial charge >= 0.3 is 0 Å². The lowest BCUT2D eigenvalue weighted by Crippen LogP contribution is -2.23. The predicted octanol–water partition coefficient (Wildman–Crippen LogP) is 2.33. The summed E-state index contributed by atoms with van der Waals surface area (Å²) in [4.78, 5) is 11.4. The zero-order chi connectivity index (χ0) is 13.0. The van der Waals surface area contributed by atoms with Crippen molar-refractivity contribution in [3.63, 3.8) is 0 Å². The number of hydrogen-bond donors (Lipinski definition) is 2. The van der Waals surface area contributed by atoms with Gasteiger partial charge in [-0.1, -0.05) is 19.1 Å². The molecular formula is C15H22N2O. The minimum atomic E-state index is -0.0302. The van der Waals surface area contributed by atoms with Crippen molar-refractivity contribution < 1.29 is 4.79 Å². The SMILES string of the molecule is CCC1(CNCc2ccc(C(=O)NC)cc2)CC1. The second kappa shape index (κ2) is 5.53. The van der Waals surface area contributed by atoms with Gasteiger partial charge in [-0.3, -0.25) is 4.79 Å². The summed E-state index contributed by atoms with van der Waals surface area (Å²) in [5.41, 5.74) is 2.53. The van der Waals surface area contributed by atoms with Crippen LogP contribution in [0.15, 0.2) is 24.3 Å². The summed E-state index contributed by atoms with van der Waals surface area (Å²) in [6.45, 7) is 4.27. The maximum Gasteiger partial charge on any atom is 0.251 e. The van der Waals surface area contributed by atoms with Gasteiger partial charge in [0.05, 0.1) is 0 Å². The second-order valence-corrected chi connectivity index (χ2v) is 5.23. The quantitative estimate of drug-likeness (QED) is 0.809. The van der Waals surface area contributed by atoms with Gasteiger partial charge < -0.3 is 10.6 Å². The molecule has 1 aromatic rings. The predicted molar refractivity (Wildman–Crippen MR) is 73.5 cm³/mol. The number of benzene rings is 1. The fraction of sp³-hybridized carbons (Fsp3) is 0.533. The van der Waals surface area contributed by atoms with E-state index in [0.717, 1.165) is 13.1 Å². The van der Waals surface area contributed by atoms with Gasteiger partial charge in [-0.15, -0.1) is 0 Å². The van der Waals surface area contributed by atoms with Gasteiger partial charge in [0.2, 0.25) is 0 Å². The third-order valence-electron chi connectivity index (χ3n) is 3.98. The number of hydrogen-bond acceptors (Lipinski definition) is 2. The van der Waals surface area contributed by atoms with Crippen molar-refractivity contribution in [2.45, 2.75) is 32.7 Å². The van der Waals surface area contributed by atoms with E-state index in [1.807, 2.05) is 24.3 Å². The van der Waals surface area contributed by atoms with E-state index in [2.05, 4.69) is 17.6 Å². The third-order valence-corrected chi connectivity index (χ3v) is 3.98. The largest absolute Gasteiger partial charge is 0.355 e. The van der Waals surface area contributed by atoms with Crippen molar-refractivity contribution in [1.29, 1.82) is 0 Å². The van der Waals surface area contributed by atoms with E-state index in [9.17, 15) is 4.79 Å². The van der Waals surface area contributed by atoms with Crippen LogP contribution >= 0.6 is 0 Å². The van der Waals surface area contributed by atoms with Crippen LogP contribution in [-0.4, -0.2) is 19.5 Å². The summed E-state index contributed by atoms with van der Waals surface area (Å²) < 4.78 is 0. The van der Waals surface area contributed by atoms with Gasteiger partial charge in [0.15, 0.2) is 0 Å². The van der Waals surface area contributed by atoms with Crippen molar-refractivity contribution in [3.8, 4) is 0 Å². The molecular weight excluding hydrogens is 224 g/mol. The van der Waals surface area contributed by atoms with Gasteiger partial charge in [-0.2, -0.15) is 0 Å². The average Bonchev–Trinajstić information content (AvgIpc) is 3.19. The fourth-order valence-corrected chi connectivity index (χ4v) is 2.22. The molecule has 0 aromatic heterocycles. The highest BCUT2D eigenvalue weighted by molar-refractivity contribution is 5.93. The average molecular weight is 246 g/mol. The third kappa shape index (κ3) is 3.10. The first kappa shape index (κ1) is 13.1. The summed E-state index contributed by atoms with van der Waals surface area (Å²) in [7, 11) is 1.65. The van der Waals surface area contributed by atoms with Crippen molar-refractivity contribution in [3.05, 3.63) is 35.4 Å². The zero-order valence-corrected chi connectivity index (χ0v) is 11.3. The van der Waals surface area contributed by atoms with Crippen LogP contribution in [0.3, 0.4) is 0 Å². The molecule has 2 N–H and O–H groups in total. The minimum Gasteiger partial charge on any atom is -0.355 e. The molecule has 0 heterocycles. The van der Waals surface area contributed by atoms with E-state index in [1.54, 1.807) is 7.05 Å². The van der Waals surface area contributed by atoms with E-state index in [4.69, 9.17) is 0 Å². The molecule has 1 aromatic carbocycles. The van der Waals surface area contributed by atoms with Crippen LogP contribution in [0.5, 0.6) is 0 Å². The highest BCUT2D eigenvalue weighted by Crippen LogP contribution is 2.47. The molecule has 1 aliphatic rings. The Morgan fingerprint density at radius 2 is 1.94 bits per heavy atom. The highest BCUT2D eigenvalue weighted by Gasteiger charge is 2.39. The Bertz CT molecular complexity index is 407. The Balaban J connectivity index is 1.81. The molecule has 98 valence electrons. The monoisotopic (exact) mass is 246 g/mol. The van der Waals surface area contributed by atoms with Crippen molar-refractivity contribution >= 4 is 5.91 Å². The Morgan fingerprint density at radius 3 is 2.44 bits per heavy atom. The van der Waals surface area contributed by atoms with Gasteiger partial charge in [-0.05, 0) is 42.4 Å². The Kier molecular flexibility index (Phi) is 4.02. The summed E-state index contributed by atoms with van der Waals surface area (Å²) in [6, 6.07) is 7.79. The first-order valence-corrected chi connectivity index (χ1v) is 6.71. The van der Waals surface area contributed by atoms with Crippen molar-refractivity contribution in [2.75, 3.05) is 13.6 Å². The van der Waals surface area contributed by atoms with Gasteiger partial charge in [-0.25, -0.2) is 0 Å². The summed E-state index contributed by atoms with van der Waals surface area (Å²) in [5, 5.41) is 6.14. The normalized spacial score (nSPS) is 16.3. The number of carbonyl (C=O) groups is 1. The van der Waals surface area contributed by atoms with E-state index >= 15 is 0 Å². The molecule has 0 aliphatic heterocycles. The molecule has 3 nitrogen and oxygen atoms in total. The number of nitrogens with one attached hydrogen (secondary N) is 2. The van der Waals surface area contributed by atoms with Crippen LogP contribution in [0.1, 0.15) is 42.1 Å². The van der Waals surface area contributed by atoms with E-state index < -0.39 is 0 Å². The van der Waals surface area contributed by atoms with E-state index in [0.29, 0.717) is 11.0 Å². The van der Waals surface area contributed by atoms with Crippen LogP contribution in [0, 0.1) is 5.41 Å². The minimum absolute atomic E-state index is 0.0302. The Hall–Kier alpha value is -1.35. The van der Waals surface area contributed by atoms with E-state index in [1.165, 1.54) is 24.8 Å². The molecule has 0 spiro atoms. The van der Waals surface area contributed by atoms with Crippen LogP contribution in [0.25, 0.3) is 0 Å². The zero-order valence-electron chi connectivity index (χ0n) is 11.3. The first-order valence-electron chi connectivity index (χ1n) is 6.71.